The molecule has 0 spiro atoms. The van der Waals surface area contributed by atoms with Crippen molar-refractivity contribution in [2.45, 2.75) is 31.3 Å². The highest BCUT2D eigenvalue weighted by Crippen LogP contribution is 2.25. The van der Waals surface area contributed by atoms with Gasteiger partial charge in [0, 0.05) is 6.26 Å². The summed E-state index contributed by atoms with van der Waals surface area (Å²) >= 11 is 0. The molecule has 0 saturated heterocycles. The fraction of sp³-hybridized carbons (Fsp3) is 0.238. The van der Waals surface area contributed by atoms with Crippen molar-refractivity contribution in [3.63, 3.8) is 0 Å². The lowest BCUT2D eigenvalue weighted by atomic mass is 9.99. The van der Waals surface area contributed by atoms with E-state index in [1.54, 1.807) is 24.3 Å². The third-order valence-electron chi connectivity index (χ3n) is 4.26. The third kappa shape index (κ3) is 4.20. The van der Waals surface area contributed by atoms with E-state index < -0.39 is 9.84 Å². The molecule has 25 heavy (non-hydrogen) atoms. The van der Waals surface area contributed by atoms with E-state index >= 15 is 0 Å². The van der Waals surface area contributed by atoms with E-state index in [1.165, 1.54) is 17.2 Å². The Bertz CT molecular complexity index is 987. The fourth-order valence-corrected chi connectivity index (χ4v) is 3.32. The molecule has 0 aliphatic heterocycles. The Morgan fingerprint density at radius 3 is 2.20 bits per heavy atom. The summed E-state index contributed by atoms with van der Waals surface area (Å²) in [6.45, 7) is 4.77. The maximum Gasteiger partial charge on any atom is 0.175 e. The van der Waals surface area contributed by atoms with Gasteiger partial charge in [-0.1, -0.05) is 50.2 Å². The molecule has 0 atom stereocenters. The average molecular weight is 354 g/mol. The number of ether oxygens (including phenoxy) is 1. The summed E-state index contributed by atoms with van der Waals surface area (Å²) in [5, 5.41) is 2.35. The second-order valence-electron chi connectivity index (χ2n) is 6.63. The van der Waals surface area contributed by atoms with Crippen molar-refractivity contribution in [1.29, 1.82) is 0 Å². The van der Waals surface area contributed by atoms with Crippen molar-refractivity contribution in [1.82, 2.24) is 0 Å². The van der Waals surface area contributed by atoms with Crippen molar-refractivity contribution in [3.05, 3.63) is 71.8 Å². The molecule has 130 valence electrons. The lowest BCUT2D eigenvalue weighted by molar-refractivity contribution is 0.306. The van der Waals surface area contributed by atoms with Gasteiger partial charge in [0.25, 0.3) is 0 Å². The van der Waals surface area contributed by atoms with E-state index in [0.717, 1.165) is 16.7 Å². The van der Waals surface area contributed by atoms with Crippen LogP contribution in [0.15, 0.2) is 65.6 Å². The molecule has 0 aliphatic rings. The van der Waals surface area contributed by atoms with E-state index in [2.05, 4.69) is 38.1 Å². The highest BCUT2D eigenvalue weighted by atomic mass is 32.2. The van der Waals surface area contributed by atoms with E-state index in [-0.39, 0.29) is 0 Å². The zero-order valence-electron chi connectivity index (χ0n) is 14.7. The number of fused-ring (bicyclic) bond motifs is 1. The maximum absolute atomic E-state index is 11.5. The van der Waals surface area contributed by atoms with Crippen molar-refractivity contribution in [3.8, 4) is 5.75 Å². The summed E-state index contributed by atoms with van der Waals surface area (Å²) in [7, 11) is -3.16. The summed E-state index contributed by atoms with van der Waals surface area (Å²) in [5.41, 5.74) is 2.24. The molecule has 3 rings (SSSR count). The van der Waals surface area contributed by atoms with Gasteiger partial charge in [-0.3, -0.25) is 0 Å². The minimum Gasteiger partial charge on any atom is -0.489 e. The normalized spacial score (nSPS) is 11.8. The molecule has 3 aromatic rings. The molecule has 0 aliphatic carbocycles. The molecule has 0 fully saturated rings. The Morgan fingerprint density at radius 2 is 1.56 bits per heavy atom. The molecule has 0 saturated carbocycles. The quantitative estimate of drug-likeness (QED) is 0.651. The Hall–Kier alpha value is -2.33. The molecule has 0 N–H and O–H groups in total. The van der Waals surface area contributed by atoms with E-state index in [0.29, 0.717) is 17.4 Å². The standard InChI is InChI=1S/C21H22O3S/c1-15(2)18-7-6-17-8-9-20(13-19(17)12-18)24-14-16-4-10-21(11-5-16)25(3,22)23/h4-13,15H,14H2,1-3H3. The number of rotatable bonds is 5. The van der Waals surface area contributed by atoms with Crippen LogP contribution in [0.4, 0.5) is 0 Å². The smallest absolute Gasteiger partial charge is 0.175 e. The number of hydrogen-bond donors (Lipinski definition) is 0. The molecular weight excluding hydrogens is 332 g/mol. The number of sulfone groups is 1. The Morgan fingerprint density at radius 1 is 0.880 bits per heavy atom. The van der Waals surface area contributed by atoms with E-state index in [9.17, 15) is 8.42 Å². The van der Waals surface area contributed by atoms with Crippen LogP contribution in [0, 0.1) is 0 Å². The second kappa shape index (κ2) is 6.89. The molecule has 0 heterocycles. The molecule has 4 heteroatoms. The van der Waals surface area contributed by atoms with Crippen molar-refractivity contribution in [2.75, 3.05) is 6.26 Å². The largest absolute Gasteiger partial charge is 0.489 e. The van der Waals surface area contributed by atoms with Crippen LogP contribution in [0.1, 0.15) is 30.9 Å². The molecule has 0 radical (unpaired) electrons. The molecule has 0 bridgehead atoms. The monoisotopic (exact) mass is 354 g/mol. The lowest BCUT2D eigenvalue weighted by Crippen LogP contribution is -1.99. The van der Waals surface area contributed by atoms with Crippen LogP contribution in [-0.2, 0) is 16.4 Å². The third-order valence-corrected chi connectivity index (χ3v) is 5.39. The molecule has 0 unspecified atom stereocenters. The van der Waals surface area contributed by atoms with Gasteiger partial charge in [-0.2, -0.15) is 0 Å². The number of benzene rings is 3. The van der Waals surface area contributed by atoms with Gasteiger partial charge in [0.05, 0.1) is 4.90 Å². The van der Waals surface area contributed by atoms with Crippen molar-refractivity contribution >= 4 is 20.6 Å². The summed E-state index contributed by atoms with van der Waals surface area (Å²) < 4.78 is 28.9. The second-order valence-corrected chi connectivity index (χ2v) is 8.64. The molecule has 0 aromatic heterocycles. The van der Waals surface area contributed by atoms with Gasteiger partial charge in [-0.15, -0.1) is 0 Å². The van der Waals surface area contributed by atoms with Crippen LogP contribution < -0.4 is 4.74 Å². The van der Waals surface area contributed by atoms with Crippen LogP contribution in [0.3, 0.4) is 0 Å². The molecule has 3 nitrogen and oxygen atoms in total. The summed E-state index contributed by atoms with van der Waals surface area (Å²) in [5.74, 6) is 1.29. The number of hydrogen-bond acceptors (Lipinski definition) is 3. The van der Waals surface area contributed by atoms with Crippen LogP contribution in [0.25, 0.3) is 10.8 Å². The van der Waals surface area contributed by atoms with Gasteiger partial charge in [0.1, 0.15) is 12.4 Å². The van der Waals surface area contributed by atoms with Crippen molar-refractivity contribution < 1.29 is 13.2 Å². The predicted molar refractivity (Wildman–Crippen MR) is 102 cm³/mol. The zero-order chi connectivity index (χ0) is 18.0. The lowest BCUT2D eigenvalue weighted by Gasteiger charge is -2.10. The fourth-order valence-electron chi connectivity index (χ4n) is 2.69. The Kier molecular flexibility index (Phi) is 4.82. The summed E-state index contributed by atoms with van der Waals surface area (Å²) in [6.07, 6.45) is 1.21. The van der Waals surface area contributed by atoms with Gasteiger partial charge in [-0.05, 0) is 52.1 Å². The van der Waals surface area contributed by atoms with Gasteiger partial charge >= 0.3 is 0 Å². The molecular formula is C21H22O3S. The van der Waals surface area contributed by atoms with E-state index in [4.69, 9.17) is 4.74 Å². The summed E-state index contributed by atoms with van der Waals surface area (Å²) in [4.78, 5) is 0.322. The first kappa shape index (κ1) is 17.5. The highest BCUT2D eigenvalue weighted by Gasteiger charge is 2.07. The average Bonchev–Trinajstić information content (AvgIpc) is 2.58. The first-order chi connectivity index (χ1) is 11.8. The van der Waals surface area contributed by atoms with Gasteiger partial charge in [0.2, 0.25) is 0 Å². The predicted octanol–water partition coefficient (Wildman–Crippen LogP) is 4.95. The highest BCUT2D eigenvalue weighted by molar-refractivity contribution is 7.90. The minimum atomic E-state index is -3.16. The van der Waals surface area contributed by atoms with Crippen LogP contribution in [0.5, 0.6) is 5.75 Å². The minimum absolute atomic E-state index is 0.322. The molecule has 0 amide bonds. The maximum atomic E-state index is 11.5. The topological polar surface area (TPSA) is 43.4 Å². The van der Waals surface area contributed by atoms with Crippen LogP contribution in [-0.4, -0.2) is 14.7 Å². The van der Waals surface area contributed by atoms with Gasteiger partial charge < -0.3 is 4.74 Å². The zero-order valence-corrected chi connectivity index (χ0v) is 15.5. The van der Waals surface area contributed by atoms with Gasteiger partial charge in [0.15, 0.2) is 9.84 Å². The first-order valence-electron chi connectivity index (χ1n) is 8.28. The van der Waals surface area contributed by atoms with Crippen molar-refractivity contribution in [2.24, 2.45) is 0 Å². The van der Waals surface area contributed by atoms with Crippen LogP contribution >= 0.6 is 0 Å². The summed E-state index contributed by atoms with van der Waals surface area (Å²) in [6, 6.07) is 19.4. The first-order valence-corrected chi connectivity index (χ1v) is 10.2. The van der Waals surface area contributed by atoms with E-state index in [1.807, 2.05) is 12.1 Å². The van der Waals surface area contributed by atoms with Gasteiger partial charge in [-0.25, -0.2) is 8.42 Å². The van der Waals surface area contributed by atoms with Crippen LogP contribution in [0.2, 0.25) is 0 Å². The Balaban J connectivity index is 1.76. The molecule has 3 aromatic carbocycles. The Labute approximate surface area is 149 Å². The SMILES string of the molecule is CC(C)c1ccc2ccc(OCc3ccc(S(C)(=O)=O)cc3)cc2c1.